The van der Waals surface area contributed by atoms with Crippen LogP contribution in [-0.2, 0) is 16.1 Å². The van der Waals surface area contributed by atoms with Crippen LogP contribution in [0.2, 0.25) is 18.1 Å². The van der Waals surface area contributed by atoms with Crippen molar-refractivity contribution < 1.29 is 19.0 Å². The number of ether oxygens (including phenoxy) is 3. The summed E-state index contributed by atoms with van der Waals surface area (Å²) < 4.78 is 19.8. The molecule has 1 saturated heterocycles. The molecule has 1 amide bonds. The normalized spacial score (nSPS) is 18.2. The second kappa shape index (κ2) is 12.3. The number of hydrogen-bond acceptors (Lipinski definition) is 5. The number of nitrogens with one attached hydrogen (secondary N) is 1. The van der Waals surface area contributed by atoms with Crippen molar-refractivity contribution >= 4 is 25.1 Å². The molecule has 0 saturated carbocycles. The van der Waals surface area contributed by atoms with Crippen LogP contribution in [0.3, 0.4) is 0 Å². The number of benzene rings is 2. The fourth-order valence-corrected chi connectivity index (χ4v) is 7.86. The van der Waals surface area contributed by atoms with E-state index >= 15 is 0 Å². The molecule has 1 aromatic heterocycles. The van der Waals surface area contributed by atoms with Crippen molar-refractivity contribution in [2.45, 2.75) is 77.4 Å². The molecule has 4 bridgehead atoms. The zero-order valence-corrected chi connectivity index (χ0v) is 24.3. The number of carbonyl (C=O) groups excluding carboxylic acids is 1. The Morgan fingerprint density at radius 3 is 2.64 bits per heavy atom. The Hall–Kier alpha value is -3.28. The zero-order valence-electron chi connectivity index (χ0n) is 23.3. The van der Waals surface area contributed by atoms with Gasteiger partial charge in [-0.25, -0.2) is 9.48 Å². The molecule has 5 rings (SSSR count). The summed E-state index contributed by atoms with van der Waals surface area (Å²) in [6.07, 6.45) is 3.30. The average Bonchev–Trinajstić information content (AvgIpc) is 3.36. The van der Waals surface area contributed by atoms with E-state index in [0.717, 1.165) is 83.0 Å². The van der Waals surface area contributed by atoms with Gasteiger partial charge in [0, 0.05) is 29.7 Å². The number of alkyl carbamates (subject to hydrolysis) is 1. The minimum atomic E-state index is -1.64. The number of cyclic esters (lactones) is 1. The molecule has 2 aromatic carbocycles. The number of rotatable bonds is 4. The molecule has 39 heavy (non-hydrogen) atoms. The Morgan fingerprint density at radius 1 is 1.03 bits per heavy atom. The van der Waals surface area contributed by atoms with Crippen molar-refractivity contribution in [2.75, 3.05) is 19.8 Å². The molecule has 2 aliphatic rings. The van der Waals surface area contributed by atoms with Crippen molar-refractivity contribution in [2.24, 2.45) is 0 Å². The molecule has 1 fully saturated rings. The molecular weight excluding hydrogens is 506 g/mol. The molecule has 8 heteroatoms. The fraction of sp³-hybridized carbons (Fsp3) is 0.484. The molecule has 7 nitrogen and oxygen atoms in total. The first-order chi connectivity index (χ1) is 19.0. The maximum Gasteiger partial charge on any atom is 0.407 e. The van der Waals surface area contributed by atoms with Gasteiger partial charge in [0.05, 0.1) is 12.1 Å². The summed E-state index contributed by atoms with van der Waals surface area (Å²) in [5.74, 6) is 4.31. The van der Waals surface area contributed by atoms with Crippen molar-refractivity contribution in [3.8, 4) is 28.5 Å². The number of carbonyl (C=O) groups is 1. The van der Waals surface area contributed by atoms with E-state index < -0.39 is 14.2 Å². The lowest BCUT2D eigenvalue weighted by Crippen LogP contribution is -2.29. The summed E-state index contributed by atoms with van der Waals surface area (Å²) in [4.78, 5) is 12.3. The van der Waals surface area contributed by atoms with Gasteiger partial charge in [0.2, 0.25) is 0 Å². The molecule has 1 N–H and O–H groups in total. The molecule has 0 spiro atoms. The van der Waals surface area contributed by atoms with Gasteiger partial charge >= 0.3 is 6.09 Å². The molecule has 0 radical (unpaired) electrons. The van der Waals surface area contributed by atoms with Crippen LogP contribution in [0, 0.1) is 11.5 Å². The van der Waals surface area contributed by atoms with Gasteiger partial charge in [-0.05, 0) is 85.8 Å². The highest BCUT2D eigenvalue weighted by Crippen LogP contribution is 2.36. The zero-order chi connectivity index (χ0) is 27.2. The molecule has 1 atom stereocenters. The monoisotopic (exact) mass is 545 g/mol. The van der Waals surface area contributed by atoms with Gasteiger partial charge < -0.3 is 19.5 Å². The van der Waals surface area contributed by atoms with Gasteiger partial charge in [0.25, 0.3) is 0 Å². The van der Waals surface area contributed by atoms with Crippen molar-refractivity contribution in [1.82, 2.24) is 15.1 Å². The summed E-state index contributed by atoms with van der Waals surface area (Å²) in [7, 11) is -1.64. The highest BCUT2D eigenvalue weighted by Gasteiger charge is 2.25. The Balaban J connectivity index is 1.66. The maximum absolute atomic E-state index is 12.3. The summed E-state index contributed by atoms with van der Waals surface area (Å²) in [5.41, 5.74) is 8.36. The quantitative estimate of drug-likeness (QED) is 0.288. The Bertz CT molecular complexity index is 1370. The van der Waals surface area contributed by atoms with E-state index in [1.165, 1.54) is 0 Å². The number of nitrogens with zero attached hydrogens (tertiary/aromatic N) is 2. The van der Waals surface area contributed by atoms with Gasteiger partial charge in [-0.3, -0.25) is 0 Å². The van der Waals surface area contributed by atoms with E-state index in [2.05, 4.69) is 61.8 Å². The second-order valence-corrected chi connectivity index (χ2v) is 15.4. The van der Waals surface area contributed by atoms with Crippen LogP contribution in [-0.4, -0.2) is 43.7 Å². The standard InChI is InChI=1S/C31H39N3O4Si/c1-4-39(5-2,6-3)17-13-23-18-24-20-25(19-23)30-27-21-26(36-16-9-14-32-31(35)38-22-24)11-12-28(27)34(33-30)29-10-7-8-15-37-29/h11-12,18-21,29H,4-10,14-16,22H2,1-3H3,(H,32,35). The third-order valence-corrected chi connectivity index (χ3v) is 12.8. The highest BCUT2D eigenvalue weighted by molar-refractivity contribution is 6.87. The molecule has 0 aliphatic carbocycles. The highest BCUT2D eigenvalue weighted by atomic mass is 28.3. The van der Waals surface area contributed by atoms with Crippen LogP contribution in [0.1, 0.15) is 63.8 Å². The minimum absolute atomic E-state index is 0.0906. The Labute approximate surface area is 232 Å². The third-order valence-electron chi connectivity index (χ3n) is 8.10. The van der Waals surface area contributed by atoms with E-state index in [1.54, 1.807) is 0 Å². The lowest BCUT2D eigenvalue weighted by molar-refractivity contribution is -0.0365. The lowest BCUT2D eigenvalue weighted by Gasteiger charge is -2.23. The lowest BCUT2D eigenvalue weighted by atomic mass is 10.0. The first-order valence-electron chi connectivity index (χ1n) is 14.4. The molecule has 206 valence electrons. The number of hydrogen-bond donors (Lipinski definition) is 1. The van der Waals surface area contributed by atoms with Gasteiger partial charge in [0.1, 0.15) is 26.1 Å². The summed E-state index contributed by atoms with van der Waals surface area (Å²) >= 11 is 0. The third kappa shape index (κ3) is 6.15. The van der Waals surface area contributed by atoms with E-state index in [4.69, 9.17) is 19.3 Å². The van der Waals surface area contributed by atoms with E-state index in [0.29, 0.717) is 19.6 Å². The minimum Gasteiger partial charge on any atom is -0.494 e. The first-order valence-corrected chi connectivity index (χ1v) is 17.0. The van der Waals surface area contributed by atoms with Gasteiger partial charge in [-0.1, -0.05) is 26.7 Å². The topological polar surface area (TPSA) is 74.6 Å². The van der Waals surface area contributed by atoms with Crippen LogP contribution < -0.4 is 10.1 Å². The van der Waals surface area contributed by atoms with E-state index in [9.17, 15) is 4.79 Å². The smallest absolute Gasteiger partial charge is 0.407 e. The molecule has 3 heterocycles. The van der Waals surface area contributed by atoms with E-state index in [1.807, 2.05) is 16.8 Å². The average molecular weight is 546 g/mol. The van der Waals surface area contributed by atoms with Crippen LogP contribution in [0.4, 0.5) is 4.79 Å². The molecular formula is C31H39N3O4Si. The van der Waals surface area contributed by atoms with E-state index in [-0.39, 0.29) is 12.8 Å². The Kier molecular flexibility index (Phi) is 8.59. The van der Waals surface area contributed by atoms with Crippen molar-refractivity contribution in [3.05, 3.63) is 47.5 Å². The summed E-state index contributed by atoms with van der Waals surface area (Å²) in [6.45, 7) is 8.68. The molecule has 1 unspecified atom stereocenters. The predicted molar refractivity (Wildman–Crippen MR) is 156 cm³/mol. The van der Waals surface area contributed by atoms with Gasteiger partial charge in [0.15, 0.2) is 6.23 Å². The summed E-state index contributed by atoms with van der Waals surface area (Å²) in [6, 6.07) is 15.8. The fourth-order valence-electron chi connectivity index (χ4n) is 5.42. The van der Waals surface area contributed by atoms with Gasteiger partial charge in [-0.15, -0.1) is 5.54 Å². The second-order valence-electron chi connectivity index (χ2n) is 10.5. The number of aromatic nitrogens is 2. The SMILES string of the molecule is CC[Si](C#Cc1cc2cc(c1)-c1nn(C3CCCCO3)c3ccc(cc13)OCCCNC(=O)OC2)(CC)CC. The van der Waals surface area contributed by atoms with Crippen molar-refractivity contribution in [3.63, 3.8) is 0 Å². The van der Waals surface area contributed by atoms with Crippen molar-refractivity contribution in [1.29, 1.82) is 0 Å². The van der Waals surface area contributed by atoms with Crippen LogP contribution in [0.15, 0.2) is 36.4 Å². The first kappa shape index (κ1) is 27.3. The predicted octanol–water partition coefficient (Wildman–Crippen LogP) is 6.81. The molecule has 2 aliphatic heterocycles. The summed E-state index contributed by atoms with van der Waals surface area (Å²) in [5, 5.41) is 8.96. The number of amides is 1. The number of fused-ring (bicyclic) bond motifs is 4. The van der Waals surface area contributed by atoms with Crippen LogP contribution >= 0.6 is 0 Å². The maximum atomic E-state index is 12.3. The largest absolute Gasteiger partial charge is 0.494 e. The Morgan fingerprint density at radius 2 is 1.87 bits per heavy atom. The molecule has 3 aromatic rings. The van der Waals surface area contributed by atoms with Gasteiger partial charge in [-0.2, -0.15) is 5.10 Å². The van der Waals surface area contributed by atoms with Crippen LogP contribution in [0.25, 0.3) is 22.2 Å². The van der Waals surface area contributed by atoms with Crippen LogP contribution in [0.5, 0.6) is 5.75 Å².